The van der Waals surface area contributed by atoms with Crippen LogP contribution in [0.25, 0.3) is 0 Å². The predicted octanol–water partition coefficient (Wildman–Crippen LogP) is 1.02. The van der Waals surface area contributed by atoms with Gasteiger partial charge in [-0.1, -0.05) is 13.3 Å². The summed E-state index contributed by atoms with van der Waals surface area (Å²) in [7, 11) is 0. The van der Waals surface area contributed by atoms with Gasteiger partial charge in [-0.05, 0) is 18.8 Å². The maximum atomic E-state index is 12.2. The van der Waals surface area contributed by atoms with Crippen LogP contribution in [0.4, 0.5) is 5.82 Å². The van der Waals surface area contributed by atoms with E-state index in [1.165, 1.54) is 18.8 Å². The Labute approximate surface area is 107 Å². The molecule has 0 aromatic carbocycles. The van der Waals surface area contributed by atoms with Crippen LogP contribution in [-0.2, 0) is 0 Å². The molecule has 2 rings (SSSR count). The molecule has 1 aliphatic rings. The Bertz CT molecular complexity index is 405. The van der Waals surface area contributed by atoms with Crippen LogP contribution in [-0.4, -0.2) is 33.9 Å². The molecule has 0 spiro atoms. The van der Waals surface area contributed by atoms with Gasteiger partial charge in [0, 0.05) is 13.1 Å². The van der Waals surface area contributed by atoms with Crippen LogP contribution < -0.4 is 11.3 Å². The zero-order chi connectivity index (χ0) is 13.0. The van der Waals surface area contributed by atoms with Crippen molar-refractivity contribution in [2.45, 2.75) is 26.2 Å². The maximum absolute atomic E-state index is 12.2. The number of aromatic nitrogens is 2. The summed E-state index contributed by atoms with van der Waals surface area (Å²) in [6.45, 7) is 3.81. The van der Waals surface area contributed by atoms with E-state index in [-0.39, 0.29) is 5.91 Å². The van der Waals surface area contributed by atoms with E-state index in [0.29, 0.717) is 17.4 Å². The van der Waals surface area contributed by atoms with Crippen molar-refractivity contribution in [1.29, 1.82) is 0 Å². The summed E-state index contributed by atoms with van der Waals surface area (Å²) in [5.41, 5.74) is 2.77. The first kappa shape index (κ1) is 12.8. The van der Waals surface area contributed by atoms with Crippen LogP contribution in [0.15, 0.2) is 12.4 Å². The molecule has 6 heteroatoms. The van der Waals surface area contributed by atoms with Gasteiger partial charge >= 0.3 is 0 Å². The van der Waals surface area contributed by atoms with E-state index in [1.807, 2.05) is 4.90 Å². The van der Waals surface area contributed by atoms with Crippen molar-refractivity contribution in [3.63, 3.8) is 0 Å². The van der Waals surface area contributed by atoms with Crippen LogP contribution in [0.2, 0.25) is 0 Å². The lowest BCUT2D eigenvalue weighted by molar-refractivity contribution is 0.0665. The van der Waals surface area contributed by atoms with Crippen LogP contribution in [0.5, 0.6) is 0 Å². The number of hydrogen-bond acceptors (Lipinski definition) is 5. The fraction of sp³-hybridized carbons (Fsp3) is 0.583. The third-order valence-corrected chi connectivity index (χ3v) is 3.40. The van der Waals surface area contributed by atoms with E-state index in [1.54, 1.807) is 0 Å². The highest BCUT2D eigenvalue weighted by molar-refractivity contribution is 5.92. The Morgan fingerprint density at radius 1 is 1.56 bits per heavy atom. The zero-order valence-electron chi connectivity index (χ0n) is 10.6. The van der Waals surface area contributed by atoms with Gasteiger partial charge in [0.05, 0.1) is 12.4 Å². The van der Waals surface area contributed by atoms with Gasteiger partial charge in [0.1, 0.15) is 5.69 Å². The van der Waals surface area contributed by atoms with E-state index >= 15 is 0 Å². The number of piperidine rings is 1. The van der Waals surface area contributed by atoms with Crippen molar-refractivity contribution >= 4 is 11.7 Å². The number of anilines is 1. The highest BCUT2D eigenvalue weighted by Crippen LogP contribution is 2.20. The molecule has 0 radical (unpaired) electrons. The van der Waals surface area contributed by atoms with Crippen LogP contribution in [0.1, 0.15) is 36.7 Å². The number of hydrazine groups is 1. The minimum absolute atomic E-state index is 0.0378. The summed E-state index contributed by atoms with van der Waals surface area (Å²) in [5.74, 6) is 6.24. The summed E-state index contributed by atoms with van der Waals surface area (Å²) < 4.78 is 0. The van der Waals surface area contributed by atoms with Gasteiger partial charge in [-0.15, -0.1) is 0 Å². The topological polar surface area (TPSA) is 84.1 Å². The van der Waals surface area contributed by atoms with Crippen molar-refractivity contribution in [3.05, 3.63) is 18.1 Å². The molecule has 2 heterocycles. The largest absolute Gasteiger partial charge is 0.337 e. The lowest BCUT2D eigenvalue weighted by Gasteiger charge is -2.31. The summed E-state index contributed by atoms with van der Waals surface area (Å²) in [6, 6.07) is 0. The predicted molar refractivity (Wildman–Crippen MR) is 68.8 cm³/mol. The molecular weight excluding hydrogens is 230 g/mol. The van der Waals surface area contributed by atoms with E-state index in [4.69, 9.17) is 5.84 Å². The van der Waals surface area contributed by atoms with Crippen molar-refractivity contribution in [3.8, 4) is 0 Å². The third-order valence-electron chi connectivity index (χ3n) is 3.40. The fourth-order valence-electron chi connectivity index (χ4n) is 2.26. The summed E-state index contributed by atoms with van der Waals surface area (Å²) in [5, 5.41) is 0. The second-order valence-electron chi connectivity index (χ2n) is 4.60. The molecule has 18 heavy (non-hydrogen) atoms. The molecule has 1 atom stereocenters. The molecule has 1 fully saturated rings. The maximum Gasteiger partial charge on any atom is 0.274 e. The first-order valence-electron chi connectivity index (χ1n) is 6.32. The highest BCUT2D eigenvalue weighted by Gasteiger charge is 2.24. The number of hydrogen-bond donors (Lipinski definition) is 2. The number of rotatable bonds is 3. The van der Waals surface area contributed by atoms with E-state index in [0.717, 1.165) is 25.9 Å². The standard InChI is InChI=1S/C12H19N5O/c1-2-9-4-3-5-17(8-9)12(18)10-6-15-11(16-13)7-14-10/h6-7,9H,2-5,8,13H2,1H3,(H,15,16). The van der Waals surface area contributed by atoms with Crippen LogP contribution >= 0.6 is 0 Å². The van der Waals surface area contributed by atoms with Gasteiger partial charge in [-0.2, -0.15) is 0 Å². The minimum Gasteiger partial charge on any atom is -0.337 e. The van der Waals surface area contributed by atoms with Gasteiger partial charge in [0.15, 0.2) is 5.82 Å². The number of carbonyl (C=O) groups excluding carboxylic acids is 1. The number of amides is 1. The molecule has 0 aliphatic carbocycles. The van der Waals surface area contributed by atoms with Crippen molar-refractivity contribution in [2.75, 3.05) is 18.5 Å². The van der Waals surface area contributed by atoms with Crippen molar-refractivity contribution < 1.29 is 4.79 Å². The molecule has 0 bridgehead atoms. The molecule has 1 amide bonds. The van der Waals surface area contributed by atoms with Crippen LogP contribution in [0, 0.1) is 5.92 Å². The molecule has 1 unspecified atom stereocenters. The molecule has 6 nitrogen and oxygen atoms in total. The number of carbonyl (C=O) groups is 1. The highest BCUT2D eigenvalue weighted by atomic mass is 16.2. The van der Waals surface area contributed by atoms with Crippen LogP contribution in [0.3, 0.4) is 0 Å². The first-order chi connectivity index (χ1) is 8.74. The van der Waals surface area contributed by atoms with Gasteiger partial charge in [-0.25, -0.2) is 15.8 Å². The number of nitrogens with zero attached hydrogens (tertiary/aromatic N) is 3. The number of nitrogens with one attached hydrogen (secondary N) is 1. The normalized spacial score (nSPS) is 19.7. The van der Waals surface area contributed by atoms with Gasteiger partial charge < -0.3 is 10.3 Å². The molecule has 1 aromatic heterocycles. The second kappa shape index (κ2) is 5.77. The monoisotopic (exact) mass is 249 g/mol. The lowest BCUT2D eigenvalue weighted by Crippen LogP contribution is -2.40. The Kier molecular flexibility index (Phi) is 4.09. The summed E-state index contributed by atoms with van der Waals surface area (Å²) in [6.07, 6.45) is 6.33. The number of likely N-dealkylation sites (tertiary alicyclic amines) is 1. The lowest BCUT2D eigenvalue weighted by atomic mass is 9.95. The Balaban J connectivity index is 2.05. The van der Waals surface area contributed by atoms with Crippen molar-refractivity contribution in [1.82, 2.24) is 14.9 Å². The van der Waals surface area contributed by atoms with E-state index < -0.39 is 0 Å². The molecule has 1 aromatic rings. The van der Waals surface area contributed by atoms with Gasteiger partial charge in [-0.3, -0.25) is 4.79 Å². The summed E-state index contributed by atoms with van der Waals surface area (Å²) in [4.78, 5) is 22.2. The Morgan fingerprint density at radius 2 is 2.39 bits per heavy atom. The molecule has 1 aliphatic heterocycles. The van der Waals surface area contributed by atoms with Gasteiger partial charge in [0.2, 0.25) is 0 Å². The van der Waals surface area contributed by atoms with E-state index in [9.17, 15) is 4.79 Å². The minimum atomic E-state index is -0.0378. The number of nitrogens with two attached hydrogens (primary N) is 1. The molecular formula is C12H19N5O. The van der Waals surface area contributed by atoms with E-state index in [2.05, 4.69) is 22.3 Å². The molecule has 1 saturated heterocycles. The second-order valence-corrected chi connectivity index (χ2v) is 4.60. The van der Waals surface area contributed by atoms with Gasteiger partial charge in [0.25, 0.3) is 5.91 Å². The third kappa shape index (κ3) is 2.76. The number of nitrogen functional groups attached to an aromatic ring is 1. The SMILES string of the molecule is CCC1CCCN(C(=O)c2cnc(NN)cn2)C1. The Morgan fingerprint density at radius 3 is 3.00 bits per heavy atom. The Hall–Kier alpha value is -1.69. The average Bonchev–Trinajstić information content (AvgIpc) is 2.46. The fourth-order valence-corrected chi connectivity index (χ4v) is 2.26. The zero-order valence-corrected chi connectivity index (χ0v) is 10.6. The first-order valence-corrected chi connectivity index (χ1v) is 6.32. The quantitative estimate of drug-likeness (QED) is 0.617. The van der Waals surface area contributed by atoms with Crippen molar-refractivity contribution in [2.24, 2.45) is 11.8 Å². The molecule has 3 N–H and O–H groups in total. The molecule has 0 saturated carbocycles. The smallest absolute Gasteiger partial charge is 0.274 e. The molecule has 98 valence electrons. The average molecular weight is 249 g/mol. The summed E-state index contributed by atoms with van der Waals surface area (Å²) >= 11 is 0.